The van der Waals surface area contributed by atoms with E-state index >= 15 is 0 Å². The van der Waals surface area contributed by atoms with E-state index in [1.165, 1.54) is 28.6 Å². The number of rotatable bonds is 8. The summed E-state index contributed by atoms with van der Waals surface area (Å²) in [6.45, 7) is 5.21. The number of hydrogen-bond donors (Lipinski definition) is 0. The Hall–Kier alpha value is -3.40. The second-order valence-corrected chi connectivity index (χ2v) is 11.4. The minimum Gasteiger partial charge on any atom is -0.218 e. The summed E-state index contributed by atoms with van der Waals surface area (Å²) in [7, 11) is -7.75. The molecular weight excluding hydrogens is 466 g/mol. The summed E-state index contributed by atoms with van der Waals surface area (Å²) in [5.41, 5.74) is 4.19. The third-order valence-electron chi connectivity index (χ3n) is 5.08. The van der Waals surface area contributed by atoms with Crippen LogP contribution < -0.4 is 0 Å². The third-order valence-corrected chi connectivity index (χ3v) is 8.83. The lowest BCUT2D eigenvalue weighted by atomic mass is 10.2. The van der Waals surface area contributed by atoms with Crippen LogP contribution in [0.15, 0.2) is 112 Å². The second kappa shape index (κ2) is 11.1. The van der Waals surface area contributed by atoms with Gasteiger partial charge in [-0.25, -0.2) is 16.8 Å². The van der Waals surface area contributed by atoms with Crippen molar-refractivity contribution in [1.82, 2.24) is 4.31 Å². The molecule has 0 radical (unpaired) electrons. The summed E-state index contributed by atoms with van der Waals surface area (Å²) in [6.07, 6.45) is -0.0845. The summed E-state index contributed by atoms with van der Waals surface area (Å²) in [5, 5.41) is 0. The normalized spacial score (nSPS) is 11.4. The fourth-order valence-corrected chi connectivity index (χ4v) is 5.88. The van der Waals surface area contributed by atoms with Crippen LogP contribution in [0.25, 0.3) is 0 Å². The minimum atomic E-state index is -3.91. The van der Waals surface area contributed by atoms with Crippen LogP contribution in [-0.4, -0.2) is 34.2 Å². The van der Waals surface area contributed by atoms with Crippen LogP contribution in [-0.2, 0) is 19.9 Å². The van der Waals surface area contributed by atoms with E-state index in [0.29, 0.717) is 0 Å². The van der Waals surface area contributed by atoms with Crippen molar-refractivity contribution >= 4 is 19.9 Å². The topological polar surface area (TPSA) is 71.5 Å². The maximum atomic E-state index is 13.4. The van der Waals surface area contributed by atoms with Crippen molar-refractivity contribution in [2.24, 2.45) is 0 Å². The Labute approximate surface area is 202 Å². The average Bonchev–Trinajstić information content (AvgIpc) is 2.84. The van der Waals surface area contributed by atoms with Crippen molar-refractivity contribution in [1.29, 1.82) is 0 Å². The van der Waals surface area contributed by atoms with Gasteiger partial charge >= 0.3 is 0 Å². The lowest BCUT2D eigenvalue weighted by Crippen LogP contribution is -2.33. The lowest BCUT2D eigenvalue weighted by molar-refractivity contribution is 0.450. The molecule has 0 N–H and O–H groups in total. The third kappa shape index (κ3) is 6.13. The van der Waals surface area contributed by atoms with E-state index in [1.54, 1.807) is 30.3 Å². The molecule has 0 unspecified atom stereocenters. The SMILES string of the molecule is C=C=C(CCN(CC#Cc1ccccc1)S(=O)(=O)c1ccc(C)cc1)S(=O)(=O)c1ccccc1. The molecule has 7 heteroatoms. The zero-order chi connectivity index (χ0) is 24.6. The fourth-order valence-electron chi connectivity index (χ4n) is 3.18. The van der Waals surface area contributed by atoms with Gasteiger partial charge in [0.1, 0.15) is 0 Å². The lowest BCUT2D eigenvalue weighted by Gasteiger charge is -2.20. The smallest absolute Gasteiger partial charge is 0.218 e. The maximum absolute atomic E-state index is 13.4. The molecule has 3 aromatic rings. The molecule has 5 nitrogen and oxygen atoms in total. The van der Waals surface area contributed by atoms with Gasteiger partial charge in [0, 0.05) is 18.5 Å². The van der Waals surface area contributed by atoms with Gasteiger partial charge in [0.05, 0.1) is 21.2 Å². The van der Waals surface area contributed by atoms with E-state index in [1.807, 2.05) is 37.3 Å². The highest BCUT2D eigenvalue weighted by Crippen LogP contribution is 2.23. The van der Waals surface area contributed by atoms with Crippen LogP contribution in [0.3, 0.4) is 0 Å². The zero-order valence-electron chi connectivity index (χ0n) is 18.8. The summed E-state index contributed by atoms with van der Waals surface area (Å²) in [4.78, 5) is 0.159. The van der Waals surface area contributed by atoms with Crippen LogP contribution in [0.2, 0.25) is 0 Å². The Morgan fingerprint density at radius 2 is 1.41 bits per heavy atom. The molecule has 3 rings (SSSR count). The first kappa shape index (κ1) is 25.2. The average molecular weight is 492 g/mol. The van der Waals surface area contributed by atoms with Crippen LogP contribution in [0, 0.1) is 18.8 Å². The standard InChI is InChI=1S/C27H25NO4S2/c1-3-25(33(29,30)26-14-8-5-9-15-26)20-22-28(21-10-13-24-11-6-4-7-12-24)34(31,32)27-18-16-23(2)17-19-27/h4-9,11-12,14-19H,1,20-22H2,2H3. The second-order valence-electron chi connectivity index (χ2n) is 7.49. The van der Waals surface area contributed by atoms with E-state index < -0.39 is 19.9 Å². The van der Waals surface area contributed by atoms with Crippen LogP contribution in [0.1, 0.15) is 17.5 Å². The molecule has 0 saturated heterocycles. The number of aryl methyl sites for hydroxylation is 1. The van der Waals surface area contributed by atoms with Gasteiger partial charge < -0.3 is 0 Å². The van der Waals surface area contributed by atoms with Gasteiger partial charge in [0.2, 0.25) is 19.9 Å². The van der Waals surface area contributed by atoms with Crippen LogP contribution in [0.4, 0.5) is 0 Å². The van der Waals surface area contributed by atoms with E-state index in [4.69, 9.17) is 0 Å². The van der Waals surface area contributed by atoms with E-state index in [-0.39, 0.29) is 34.2 Å². The molecule has 0 aromatic heterocycles. The summed E-state index contributed by atoms with van der Waals surface area (Å²) in [6, 6.07) is 23.7. The van der Waals surface area contributed by atoms with Gasteiger partial charge in [0.25, 0.3) is 0 Å². The van der Waals surface area contributed by atoms with Crippen LogP contribution in [0.5, 0.6) is 0 Å². The first-order valence-electron chi connectivity index (χ1n) is 10.5. The minimum absolute atomic E-state index is 0.0705. The van der Waals surface area contributed by atoms with Gasteiger partial charge in [0.15, 0.2) is 0 Å². The quantitative estimate of drug-likeness (QED) is 0.342. The van der Waals surface area contributed by atoms with Gasteiger partial charge in [-0.2, -0.15) is 4.31 Å². The highest BCUT2D eigenvalue weighted by atomic mass is 32.2. The molecule has 3 aromatic carbocycles. The number of sulfonamides is 1. The molecule has 0 bridgehead atoms. The first-order chi connectivity index (χ1) is 16.2. The molecule has 174 valence electrons. The highest BCUT2D eigenvalue weighted by Gasteiger charge is 2.26. The van der Waals surface area contributed by atoms with E-state index in [0.717, 1.165) is 11.1 Å². The molecule has 0 aliphatic carbocycles. The molecular formula is C27H25NO4S2. The molecule has 0 fully saturated rings. The van der Waals surface area contributed by atoms with Crippen LogP contribution >= 0.6 is 0 Å². The number of nitrogens with zero attached hydrogens (tertiary/aromatic N) is 1. The molecule has 0 aliphatic rings. The fraction of sp³-hybridized carbons (Fsp3) is 0.148. The number of sulfone groups is 1. The molecule has 34 heavy (non-hydrogen) atoms. The number of hydrogen-bond acceptors (Lipinski definition) is 4. The van der Waals surface area contributed by atoms with Crippen molar-refractivity contribution in [2.45, 2.75) is 23.1 Å². The molecule has 0 amide bonds. The van der Waals surface area contributed by atoms with Crippen molar-refractivity contribution in [3.05, 3.63) is 113 Å². The molecule has 0 spiro atoms. The van der Waals surface area contributed by atoms with Gasteiger partial charge in [-0.1, -0.05) is 72.5 Å². The van der Waals surface area contributed by atoms with Gasteiger partial charge in [-0.3, -0.25) is 0 Å². The summed E-state index contributed by atoms with van der Waals surface area (Å²) >= 11 is 0. The summed E-state index contributed by atoms with van der Waals surface area (Å²) in [5.74, 6) is 5.86. The predicted molar refractivity (Wildman–Crippen MR) is 134 cm³/mol. The Bertz CT molecular complexity index is 1440. The maximum Gasteiger partial charge on any atom is 0.243 e. The van der Waals surface area contributed by atoms with Crippen molar-refractivity contribution < 1.29 is 16.8 Å². The van der Waals surface area contributed by atoms with E-state index in [9.17, 15) is 16.8 Å². The largest absolute Gasteiger partial charge is 0.243 e. The monoisotopic (exact) mass is 491 g/mol. The first-order valence-corrected chi connectivity index (χ1v) is 13.5. The Balaban J connectivity index is 1.89. The van der Waals surface area contributed by atoms with E-state index in [2.05, 4.69) is 24.2 Å². The summed E-state index contributed by atoms with van der Waals surface area (Å²) < 4.78 is 53.9. The Morgan fingerprint density at radius 1 is 0.824 bits per heavy atom. The van der Waals surface area contributed by atoms with Crippen molar-refractivity contribution in [3.63, 3.8) is 0 Å². The Morgan fingerprint density at radius 3 is 2.00 bits per heavy atom. The van der Waals surface area contributed by atoms with Crippen molar-refractivity contribution in [3.8, 4) is 11.8 Å². The van der Waals surface area contributed by atoms with Gasteiger partial charge in [-0.05, 0) is 43.3 Å². The molecule has 0 heterocycles. The molecule has 0 saturated carbocycles. The Kier molecular flexibility index (Phi) is 8.27. The predicted octanol–water partition coefficient (Wildman–Crippen LogP) is 4.57. The van der Waals surface area contributed by atoms with Gasteiger partial charge in [-0.15, -0.1) is 5.73 Å². The number of benzene rings is 3. The van der Waals surface area contributed by atoms with Crippen molar-refractivity contribution in [2.75, 3.05) is 13.1 Å². The highest BCUT2D eigenvalue weighted by molar-refractivity contribution is 7.95. The molecule has 0 atom stereocenters. The molecule has 0 aliphatic heterocycles. The zero-order valence-corrected chi connectivity index (χ0v) is 20.4.